The Balaban J connectivity index is 2.54. The minimum atomic E-state index is 0.194. The third-order valence-electron chi connectivity index (χ3n) is 2.05. The van der Waals surface area contributed by atoms with E-state index in [1.165, 1.54) is 5.56 Å². The number of rotatable bonds is 1. The molecule has 14 heavy (non-hydrogen) atoms. The van der Waals surface area contributed by atoms with E-state index in [4.69, 9.17) is 16.0 Å². The van der Waals surface area contributed by atoms with E-state index in [1.54, 1.807) is 0 Å². The van der Waals surface area contributed by atoms with Gasteiger partial charge in [-0.15, -0.1) is 0 Å². The molecule has 0 N–H and O–H groups in total. The Hall–Kier alpha value is -1.28. The fraction of sp³-hybridized carbons (Fsp3) is 0.182. The standard InChI is InChI=1S/C11H10ClNO/c1-7-4-3-5-9(6-7)10-8(2)13-11(12)14-10/h3-6H,1-2H3. The minimum Gasteiger partial charge on any atom is -0.427 e. The molecule has 2 aromatic rings. The highest BCUT2D eigenvalue weighted by molar-refractivity contribution is 6.27. The van der Waals surface area contributed by atoms with Crippen LogP contribution in [0.15, 0.2) is 28.7 Å². The number of nitrogens with zero attached hydrogens (tertiary/aromatic N) is 1. The first-order valence-electron chi connectivity index (χ1n) is 4.37. The highest BCUT2D eigenvalue weighted by atomic mass is 35.5. The lowest BCUT2D eigenvalue weighted by atomic mass is 10.1. The third kappa shape index (κ3) is 1.66. The van der Waals surface area contributed by atoms with Crippen LogP contribution in [0, 0.1) is 13.8 Å². The van der Waals surface area contributed by atoms with Gasteiger partial charge in [-0.2, -0.15) is 0 Å². The first-order chi connectivity index (χ1) is 6.66. The lowest BCUT2D eigenvalue weighted by molar-refractivity contribution is 0.573. The second-order valence-electron chi connectivity index (χ2n) is 3.25. The first kappa shape index (κ1) is 9.28. The van der Waals surface area contributed by atoms with Crippen LogP contribution in [0.5, 0.6) is 0 Å². The molecule has 0 saturated heterocycles. The van der Waals surface area contributed by atoms with Crippen molar-refractivity contribution >= 4 is 11.6 Å². The molecule has 0 amide bonds. The van der Waals surface area contributed by atoms with Crippen molar-refractivity contribution in [2.24, 2.45) is 0 Å². The van der Waals surface area contributed by atoms with Crippen LogP contribution in [0.25, 0.3) is 11.3 Å². The molecule has 1 heterocycles. The Bertz CT molecular complexity index is 462. The van der Waals surface area contributed by atoms with Crippen LogP contribution in [0.1, 0.15) is 11.3 Å². The third-order valence-corrected chi connectivity index (χ3v) is 2.21. The SMILES string of the molecule is Cc1cccc(-c2oc(Cl)nc2C)c1. The largest absolute Gasteiger partial charge is 0.427 e. The van der Waals surface area contributed by atoms with E-state index in [2.05, 4.69) is 4.98 Å². The molecule has 0 aliphatic heterocycles. The maximum Gasteiger partial charge on any atom is 0.292 e. The molecule has 2 nitrogen and oxygen atoms in total. The number of halogens is 1. The molecule has 72 valence electrons. The van der Waals surface area contributed by atoms with Crippen molar-refractivity contribution in [3.63, 3.8) is 0 Å². The highest BCUT2D eigenvalue weighted by Gasteiger charge is 2.09. The Morgan fingerprint density at radius 1 is 1.29 bits per heavy atom. The molecule has 1 aromatic carbocycles. The van der Waals surface area contributed by atoms with E-state index in [0.717, 1.165) is 17.0 Å². The number of hydrogen-bond donors (Lipinski definition) is 0. The second-order valence-corrected chi connectivity index (χ2v) is 3.57. The van der Waals surface area contributed by atoms with Crippen LogP contribution in [-0.4, -0.2) is 4.98 Å². The van der Waals surface area contributed by atoms with Crippen LogP contribution in [-0.2, 0) is 0 Å². The summed E-state index contributed by atoms with van der Waals surface area (Å²) in [5, 5.41) is 0.194. The predicted molar refractivity (Wildman–Crippen MR) is 56.4 cm³/mol. The first-order valence-corrected chi connectivity index (χ1v) is 4.74. The van der Waals surface area contributed by atoms with Crippen LogP contribution >= 0.6 is 11.6 Å². The van der Waals surface area contributed by atoms with Gasteiger partial charge in [-0.05, 0) is 31.5 Å². The van der Waals surface area contributed by atoms with Crippen LogP contribution in [0.4, 0.5) is 0 Å². The van der Waals surface area contributed by atoms with Gasteiger partial charge in [0.1, 0.15) is 0 Å². The molecule has 0 aliphatic carbocycles. The average molecular weight is 208 g/mol. The summed E-state index contributed by atoms with van der Waals surface area (Å²) >= 11 is 5.68. The summed E-state index contributed by atoms with van der Waals surface area (Å²) in [4.78, 5) is 4.02. The Morgan fingerprint density at radius 3 is 2.64 bits per heavy atom. The van der Waals surface area contributed by atoms with E-state index in [9.17, 15) is 0 Å². The zero-order valence-corrected chi connectivity index (χ0v) is 8.80. The fourth-order valence-electron chi connectivity index (χ4n) is 1.42. The van der Waals surface area contributed by atoms with E-state index in [1.807, 2.05) is 38.1 Å². The van der Waals surface area contributed by atoms with E-state index in [-0.39, 0.29) is 5.35 Å². The lowest BCUT2D eigenvalue weighted by Crippen LogP contribution is -1.79. The normalized spacial score (nSPS) is 10.5. The molecule has 0 unspecified atom stereocenters. The molecule has 0 bridgehead atoms. The van der Waals surface area contributed by atoms with Crippen molar-refractivity contribution in [2.45, 2.75) is 13.8 Å². The molecule has 0 aliphatic rings. The zero-order chi connectivity index (χ0) is 10.1. The van der Waals surface area contributed by atoms with Crippen molar-refractivity contribution in [1.82, 2.24) is 4.98 Å². The summed E-state index contributed by atoms with van der Waals surface area (Å²) in [6.45, 7) is 3.92. The summed E-state index contributed by atoms with van der Waals surface area (Å²) in [5.74, 6) is 0.749. The van der Waals surface area contributed by atoms with Crippen molar-refractivity contribution in [1.29, 1.82) is 0 Å². The number of benzene rings is 1. The number of oxazole rings is 1. The minimum absolute atomic E-state index is 0.194. The second kappa shape index (κ2) is 3.46. The topological polar surface area (TPSA) is 26.0 Å². The predicted octanol–water partition coefficient (Wildman–Crippen LogP) is 3.61. The summed E-state index contributed by atoms with van der Waals surface area (Å²) < 4.78 is 5.31. The van der Waals surface area contributed by atoms with E-state index >= 15 is 0 Å². The van der Waals surface area contributed by atoms with Gasteiger partial charge >= 0.3 is 0 Å². The molecule has 2 rings (SSSR count). The maximum atomic E-state index is 5.68. The van der Waals surface area contributed by atoms with Gasteiger partial charge in [0.15, 0.2) is 5.76 Å². The van der Waals surface area contributed by atoms with E-state index in [0.29, 0.717) is 0 Å². The van der Waals surface area contributed by atoms with E-state index < -0.39 is 0 Å². The quantitative estimate of drug-likeness (QED) is 0.714. The summed E-state index contributed by atoms with van der Waals surface area (Å²) in [6.07, 6.45) is 0. The smallest absolute Gasteiger partial charge is 0.292 e. The number of hydrogen-bond acceptors (Lipinski definition) is 2. The van der Waals surface area contributed by atoms with Crippen molar-refractivity contribution in [3.8, 4) is 11.3 Å². The van der Waals surface area contributed by atoms with Gasteiger partial charge in [0.25, 0.3) is 5.35 Å². The van der Waals surface area contributed by atoms with Crippen molar-refractivity contribution in [3.05, 3.63) is 40.9 Å². The van der Waals surface area contributed by atoms with Crippen molar-refractivity contribution in [2.75, 3.05) is 0 Å². The number of aromatic nitrogens is 1. The van der Waals surface area contributed by atoms with Crippen molar-refractivity contribution < 1.29 is 4.42 Å². The molecular weight excluding hydrogens is 198 g/mol. The molecule has 0 atom stereocenters. The van der Waals surface area contributed by atoms with Crippen LogP contribution < -0.4 is 0 Å². The molecule has 1 aromatic heterocycles. The van der Waals surface area contributed by atoms with Crippen LogP contribution in [0.3, 0.4) is 0 Å². The van der Waals surface area contributed by atoms with Gasteiger partial charge in [-0.1, -0.05) is 23.8 Å². The van der Waals surface area contributed by atoms with Gasteiger partial charge in [-0.25, -0.2) is 4.98 Å². The Labute approximate surface area is 87.5 Å². The van der Waals surface area contributed by atoms with Gasteiger partial charge < -0.3 is 4.42 Å². The van der Waals surface area contributed by atoms with Gasteiger partial charge in [0, 0.05) is 5.56 Å². The fourth-order valence-corrected chi connectivity index (χ4v) is 1.62. The van der Waals surface area contributed by atoms with Gasteiger partial charge in [0.2, 0.25) is 0 Å². The summed E-state index contributed by atoms with van der Waals surface area (Å²) in [5.41, 5.74) is 3.02. The molecule has 0 saturated carbocycles. The van der Waals surface area contributed by atoms with Crippen LogP contribution in [0.2, 0.25) is 5.35 Å². The summed E-state index contributed by atoms with van der Waals surface area (Å²) in [7, 11) is 0. The monoisotopic (exact) mass is 207 g/mol. The molecule has 3 heteroatoms. The molecule has 0 spiro atoms. The molecule has 0 fully saturated rings. The highest BCUT2D eigenvalue weighted by Crippen LogP contribution is 2.26. The molecule has 0 radical (unpaired) electrons. The lowest BCUT2D eigenvalue weighted by Gasteiger charge is -1.98. The summed E-state index contributed by atoms with van der Waals surface area (Å²) in [6, 6.07) is 8.05. The molecular formula is C11H10ClNO. The average Bonchev–Trinajstić information content (AvgIpc) is 2.45. The maximum absolute atomic E-state index is 5.68. The Kier molecular flexibility index (Phi) is 2.30. The zero-order valence-electron chi connectivity index (χ0n) is 8.04. The van der Waals surface area contributed by atoms with Gasteiger partial charge in [-0.3, -0.25) is 0 Å². The Morgan fingerprint density at radius 2 is 2.07 bits per heavy atom. The van der Waals surface area contributed by atoms with Gasteiger partial charge in [0.05, 0.1) is 5.69 Å². The number of aryl methyl sites for hydroxylation is 2.